The van der Waals surface area contributed by atoms with Crippen LogP contribution in [0.4, 0.5) is 10.5 Å². The molecule has 1 saturated heterocycles. The van der Waals surface area contributed by atoms with Gasteiger partial charge in [-0.05, 0) is 44.2 Å². The quantitative estimate of drug-likeness (QED) is 0.782. The summed E-state index contributed by atoms with van der Waals surface area (Å²) in [6.45, 7) is 5.10. The van der Waals surface area contributed by atoms with Crippen molar-refractivity contribution in [3.8, 4) is 0 Å². The highest BCUT2D eigenvalue weighted by Crippen LogP contribution is 2.27. The number of hydrogen-bond acceptors (Lipinski definition) is 5. The van der Waals surface area contributed by atoms with E-state index in [2.05, 4.69) is 5.32 Å². The largest absolute Gasteiger partial charge is 0.459 e. The van der Waals surface area contributed by atoms with Crippen molar-refractivity contribution in [1.82, 2.24) is 14.7 Å². The van der Waals surface area contributed by atoms with Crippen molar-refractivity contribution < 1.29 is 23.6 Å². The average molecular weight is 410 g/mol. The van der Waals surface area contributed by atoms with Crippen LogP contribution in [-0.4, -0.2) is 70.7 Å². The van der Waals surface area contributed by atoms with Gasteiger partial charge in [-0.3, -0.25) is 19.3 Å². The molecule has 3 heterocycles. The lowest BCUT2D eigenvalue weighted by Crippen LogP contribution is -2.51. The third-order valence-electron chi connectivity index (χ3n) is 5.27. The van der Waals surface area contributed by atoms with E-state index in [4.69, 9.17) is 4.42 Å². The van der Waals surface area contributed by atoms with Gasteiger partial charge in [0.05, 0.1) is 17.4 Å². The van der Waals surface area contributed by atoms with E-state index < -0.39 is 0 Å². The lowest BCUT2D eigenvalue weighted by atomic mass is 10.1. The third-order valence-corrected chi connectivity index (χ3v) is 5.27. The zero-order valence-corrected chi connectivity index (χ0v) is 16.8. The molecule has 0 atom stereocenters. The number of anilines is 1. The van der Waals surface area contributed by atoms with Gasteiger partial charge in [0.1, 0.15) is 0 Å². The Bertz CT molecular complexity index is 1010. The Balaban J connectivity index is 1.38. The summed E-state index contributed by atoms with van der Waals surface area (Å²) in [5.74, 6) is -0.594. The maximum atomic E-state index is 12.6. The third kappa shape index (κ3) is 3.42. The topological polar surface area (TPSA) is 103 Å². The van der Waals surface area contributed by atoms with Gasteiger partial charge in [-0.15, -0.1) is 0 Å². The predicted octanol–water partition coefficient (Wildman–Crippen LogP) is 2.27. The van der Waals surface area contributed by atoms with Crippen molar-refractivity contribution in [1.29, 1.82) is 0 Å². The van der Waals surface area contributed by atoms with Gasteiger partial charge in [-0.25, -0.2) is 4.79 Å². The highest BCUT2D eigenvalue weighted by molar-refractivity contribution is 6.22. The maximum Gasteiger partial charge on any atom is 0.321 e. The minimum Gasteiger partial charge on any atom is -0.459 e. The summed E-state index contributed by atoms with van der Waals surface area (Å²) < 4.78 is 5.14. The van der Waals surface area contributed by atoms with E-state index in [1.54, 1.807) is 47.9 Å². The smallest absolute Gasteiger partial charge is 0.321 e. The molecule has 9 nitrogen and oxygen atoms in total. The molecule has 5 amide bonds. The molecule has 2 aliphatic heterocycles. The van der Waals surface area contributed by atoms with Crippen LogP contribution in [0.5, 0.6) is 0 Å². The number of nitrogens with zero attached hydrogens (tertiary/aromatic N) is 3. The van der Waals surface area contributed by atoms with Crippen LogP contribution in [-0.2, 0) is 0 Å². The Kier molecular flexibility index (Phi) is 5.03. The number of imide groups is 1. The van der Waals surface area contributed by atoms with Crippen LogP contribution in [0.1, 0.15) is 45.1 Å². The average Bonchev–Trinajstić information content (AvgIpc) is 3.35. The molecule has 0 radical (unpaired) electrons. The Morgan fingerprint density at radius 2 is 1.63 bits per heavy atom. The van der Waals surface area contributed by atoms with Gasteiger partial charge in [0.25, 0.3) is 17.7 Å². The van der Waals surface area contributed by atoms with E-state index in [0.29, 0.717) is 43.0 Å². The first kappa shape index (κ1) is 19.7. The van der Waals surface area contributed by atoms with Crippen LogP contribution in [0, 0.1) is 0 Å². The fraction of sp³-hybridized carbons (Fsp3) is 0.333. The molecule has 30 heavy (non-hydrogen) atoms. The Hall–Kier alpha value is -3.62. The van der Waals surface area contributed by atoms with Crippen LogP contribution in [0.15, 0.2) is 41.0 Å². The van der Waals surface area contributed by atoms with Crippen LogP contribution >= 0.6 is 0 Å². The molecular formula is C21H22N4O5. The molecule has 1 fully saturated rings. The lowest BCUT2D eigenvalue weighted by Gasteiger charge is -2.34. The summed E-state index contributed by atoms with van der Waals surface area (Å²) in [6.07, 6.45) is 1.45. The van der Waals surface area contributed by atoms with E-state index >= 15 is 0 Å². The first-order valence-electron chi connectivity index (χ1n) is 9.77. The summed E-state index contributed by atoms with van der Waals surface area (Å²) >= 11 is 0. The number of urea groups is 1. The number of nitrogens with one attached hydrogen (secondary N) is 1. The van der Waals surface area contributed by atoms with Crippen LogP contribution in [0.3, 0.4) is 0 Å². The second-order valence-corrected chi connectivity index (χ2v) is 7.52. The number of furan rings is 1. The molecule has 0 aliphatic carbocycles. The molecule has 1 aromatic carbocycles. The predicted molar refractivity (Wildman–Crippen MR) is 107 cm³/mol. The summed E-state index contributed by atoms with van der Waals surface area (Å²) in [7, 11) is 0. The van der Waals surface area contributed by atoms with Gasteiger partial charge in [0, 0.05) is 37.9 Å². The van der Waals surface area contributed by atoms with Crippen molar-refractivity contribution in [3.63, 3.8) is 0 Å². The molecule has 4 rings (SSSR count). The normalized spacial score (nSPS) is 16.3. The molecule has 2 aliphatic rings. The number of carbonyl (C=O) groups excluding carboxylic acids is 4. The van der Waals surface area contributed by atoms with Gasteiger partial charge in [-0.1, -0.05) is 0 Å². The molecule has 0 saturated carbocycles. The van der Waals surface area contributed by atoms with Crippen LogP contribution < -0.4 is 5.32 Å². The molecule has 1 N–H and O–H groups in total. The van der Waals surface area contributed by atoms with E-state index in [-0.39, 0.29) is 35.6 Å². The molecule has 0 spiro atoms. The fourth-order valence-corrected chi connectivity index (χ4v) is 3.68. The van der Waals surface area contributed by atoms with E-state index in [1.165, 1.54) is 17.2 Å². The van der Waals surface area contributed by atoms with Gasteiger partial charge in [0.15, 0.2) is 5.76 Å². The SMILES string of the molecule is CC(C)N1C(=O)c2ccc(NC(=O)N3CCN(C(=O)c4ccco4)CC3)cc2C1=O. The molecule has 0 bridgehead atoms. The summed E-state index contributed by atoms with van der Waals surface area (Å²) in [4.78, 5) is 54.3. The summed E-state index contributed by atoms with van der Waals surface area (Å²) in [5.41, 5.74) is 1.08. The van der Waals surface area contributed by atoms with E-state index in [1.807, 2.05) is 0 Å². The molecule has 0 unspecified atom stereocenters. The summed E-state index contributed by atoms with van der Waals surface area (Å²) in [5, 5.41) is 2.78. The minimum absolute atomic E-state index is 0.198. The standard InChI is InChI=1S/C21H22N4O5/c1-13(2)25-18(26)15-6-5-14(12-16(15)19(25)27)22-21(29)24-9-7-23(8-10-24)20(28)17-4-3-11-30-17/h3-6,11-13H,7-10H2,1-2H3,(H,22,29). The van der Waals surface area contributed by atoms with Crippen molar-refractivity contribution in [2.45, 2.75) is 19.9 Å². The highest BCUT2D eigenvalue weighted by Gasteiger charge is 2.37. The summed E-state index contributed by atoms with van der Waals surface area (Å²) in [6, 6.07) is 7.42. The fourth-order valence-electron chi connectivity index (χ4n) is 3.68. The van der Waals surface area contributed by atoms with Crippen LogP contribution in [0.25, 0.3) is 0 Å². The molecule has 9 heteroatoms. The Morgan fingerprint density at radius 1 is 0.967 bits per heavy atom. The number of amides is 5. The minimum atomic E-state index is -0.355. The maximum absolute atomic E-state index is 12.6. The molecule has 156 valence electrons. The number of fused-ring (bicyclic) bond motifs is 1. The van der Waals surface area contributed by atoms with Crippen molar-refractivity contribution in [2.75, 3.05) is 31.5 Å². The highest BCUT2D eigenvalue weighted by atomic mass is 16.3. The number of carbonyl (C=O) groups is 4. The van der Waals surface area contributed by atoms with Gasteiger partial charge in [-0.2, -0.15) is 0 Å². The lowest BCUT2D eigenvalue weighted by molar-refractivity contribution is 0.0607. The van der Waals surface area contributed by atoms with Gasteiger partial charge >= 0.3 is 6.03 Å². The number of benzene rings is 1. The van der Waals surface area contributed by atoms with Crippen molar-refractivity contribution in [2.24, 2.45) is 0 Å². The second kappa shape index (κ2) is 7.66. The first-order valence-corrected chi connectivity index (χ1v) is 9.77. The molecular weight excluding hydrogens is 388 g/mol. The number of piperazine rings is 1. The zero-order valence-electron chi connectivity index (χ0n) is 16.8. The Morgan fingerprint density at radius 3 is 2.27 bits per heavy atom. The molecule has 2 aromatic rings. The van der Waals surface area contributed by atoms with E-state index in [0.717, 1.165) is 0 Å². The first-order chi connectivity index (χ1) is 14.4. The zero-order chi connectivity index (χ0) is 21.4. The van der Waals surface area contributed by atoms with Crippen molar-refractivity contribution in [3.05, 3.63) is 53.5 Å². The van der Waals surface area contributed by atoms with Gasteiger partial charge < -0.3 is 19.5 Å². The second-order valence-electron chi connectivity index (χ2n) is 7.52. The Labute approximate surface area is 173 Å². The van der Waals surface area contributed by atoms with Gasteiger partial charge in [0.2, 0.25) is 0 Å². The molecule has 1 aromatic heterocycles. The van der Waals surface area contributed by atoms with Crippen LogP contribution in [0.2, 0.25) is 0 Å². The number of hydrogen-bond donors (Lipinski definition) is 1. The number of rotatable bonds is 3. The van der Waals surface area contributed by atoms with E-state index in [9.17, 15) is 19.2 Å². The van der Waals surface area contributed by atoms with Crippen molar-refractivity contribution >= 4 is 29.4 Å². The monoisotopic (exact) mass is 410 g/mol.